The molecule has 0 spiro atoms. The summed E-state index contributed by atoms with van der Waals surface area (Å²) in [7, 11) is 1.60. The maximum Gasteiger partial charge on any atom is 0.329 e. The van der Waals surface area contributed by atoms with Gasteiger partial charge in [-0.25, -0.2) is 4.79 Å². The second-order valence-electron chi connectivity index (χ2n) is 17.7. The fourth-order valence-corrected chi connectivity index (χ4v) is 8.95. The zero-order valence-electron chi connectivity index (χ0n) is 35.6. The summed E-state index contributed by atoms with van der Waals surface area (Å²) in [4.78, 5) is 57.2. The number of aliphatic hydroxyl groups is 3. The second-order valence-corrected chi connectivity index (χ2v) is 17.7. The van der Waals surface area contributed by atoms with Crippen LogP contribution in [0.5, 0.6) is 0 Å². The Kier molecular flexibility index (Phi) is 17.9. The number of amides is 1. The summed E-state index contributed by atoms with van der Waals surface area (Å²) >= 11 is 0. The molecule has 4 aliphatic rings. The van der Waals surface area contributed by atoms with Crippen LogP contribution in [0.4, 0.5) is 0 Å². The maximum atomic E-state index is 14.1. The van der Waals surface area contributed by atoms with Gasteiger partial charge in [0.05, 0.1) is 24.4 Å². The van der Waals surface area contributed by atoms with E-state index in [2.05, 4.69) is 13.0 Å². The Morgan fingerprint density at radius 1 is 1.00 bits per heavy atom. The third kappa shape index (κ3) is 13.0. The minimum absolute atomic E-state index is 0.0153. The van der Waals surface area contributed by atoms with Gasteiger partial charge in [-0.2, -0.15) is 0 Å². The lowest BCUT2D eigenvalue weighted by molar-refractivity contribution is -0.265. The molecule has 2 bridgehead atoms. The van der Waals surface area contributed by atoms with E-state index >= 15 is 0 Å². The fraction of sp³-hybridized carbons (Fsp3) is 0.739. The Morgan fingerprint density at radius 2 is 1.72 bits per heavy atom. The Morgan fingerprint density at radius 3 is 2.42 bits per heavy atom. The van der Waals surface area contributed by atoms with Gasteiger partial charge in [0, 0.05) is 38.3 Å². The van der Waals surface area contributed by atoms with E-state index < -0.39 is 53.7 Å². The van der Waals surface area contributed by atoms with Crippen molar-refractivity contribution in [3.63, 3.8) is 0 Å². The molecule has 0 aromatic rings. The van der Waals surface area contributed by atoms with Crippen molar-refractivity contribution >= 4 is 23.4 Å². The van der Waals surface area contributed by atoms with Crippen LogP contribution in [0.15, 0.2) is 47.6 Å². The van der Waals surface area contributed by atoms with Gasteiger partial charge in [-0.05, 0) is 120 Å². The molecule has 0 aromatic heterocycles. The van der Waals surface area contributed by atoms with E-state index in [-0.39, 0.29) is 55.1 Å². The highest BCUT2D eigenvalue weighted by molar-refractivity contribution is 6.39. The van der Waals surface area contributed by atoms with E-state index in [0.717, 1.165) is 37.7 Å². The highest BCUT2D eigenvalue weighted by Gasteiger charge is 2.53. The Bertz CT molecular complexity index is 1490. The smallest absolute Gasteiger partial charge is 0.329 e. The number of methoxy groups -OCH3 is 1. The molecule has 3 N–H and O–H groups in total. The minimum atomic E-state index is -2.38. The van der Waals surface area contributed by atoms with Crippen molar-refractivity contribution < 1.29 is 48.7 Å². The first kappa shape index (κ1) is 46.7. The van der Waals surface area contributed by atoms with Crippen molar-refractivity contribution in [3.05, 3.63) is 47.6 Å². The molecule has 11 nitrogen and oxygen atoms in total. The first-order valence-corrected chi connectivity index (χ1v) is 21.6. The van der Waals surface area contributed by atoms with Gasteiger partial charge in [0.15, 0.2) is 0 Å². The van der Waals surface area contributed by atoms with Gasteiger partial charge in [0.1, 0.15) is 17.9 Å². The molecule has 10 atom stereocenters. The van der Waals surface area contributed by atoms with E-state index in [1.54, 1.807) is 21.0 Å². The first-order valence-electron chi connectivity index (χ1n) is 21.6. The number of nitrogens with zero attached hydrogens (tertiary/aromatic N) is 1. The van der Waals surface area contributed by atoms with Crippen molar-refractivity contribution in [2.45, 2.75) is 174 Å². The van der Waals surface area contributed by atoms with E-state index in [4.69, 9.17) is 14.2 Å². The zero-order valence-corrected chi connectivity index (χ0v) is 35.6. The van der Waals surface area contributed by atoms with Crippen molar-refractivity contribution in [3.8, 4) is 0 Å². The second kappa shape index (κ2) is 21.9. The van der Waals surface area contributed by atoms with Crippen LogP contribution in [0.25, 0.3) is 0 Å². The van der Waals surface area contributed by atoms with Crippen molar-refractivity contribution in [2.75, 3.05) is 13.7 Å². The number of cyclic esters (lactones) is 1. The number of ketones is 2. The molecule has 1 saturated carbocycles. The first-order chi connectivity index (χ1) is 27.0. The van der Waals surface area contributed by atoms with Gasteiger partial charge in [0.25, 0.3) is 11.7 Å². The van der Waals surface area contributed by atoms with Crippen molar-refractivity contribution in [2.24, 2.45) is 29.6 Å². The van der Waals surface area contributed by atoms with E-state index in [9.17, 15) is 34.5 Å². The molecule has 2 saturated heterocycles. The number of ether oxygens (including phenoxy) is 3. The van der Waals surface area contributed by atoms with Crippen molar-refractivity contribution in [1.29, 1.82) is 0 Å². The molecular formula is C46H71NO10. The Balaban J connectivity index is 1.61. The zero-order chi connectivity index (χ0) is 41.9. The largest absolute Gasteiger partial charge is 0.456 e. The Labute approximate surface area is 341 Å². The molecule has 1 aliphatic carbocycles. The third-order valence-corrected chi connectivity index (χ3v) is 13.1. The molecule has 11 heteroatoms. The maximum absolute atomic E-state index is 14.1. The summed E-state index contributed by atoms with van der Waals surface area (Å²) in [6.45, 7) is 11.5. The summed E-state index contributed by atoms with van der Waals surface area (Å²) in [5, 5.41) is 32.9. The molecule has 3 heterocycles. The molecule has 4 rings (SSSR count). The molecule has 3 fully saturated rings. The number of carbonyl (C=O) groups is 4. The lowest BCUT2D eigenvalue weighted by atomic mass is 9.80. The van der Waals surface area contributed by atoms with Crippen LogP contribution in [-0.4, -0.2) is 99.7 Å². The average molecular weight is 798 g/mol. The van der Waals surface area contributed by atoms with Crippen LogP contribution >= 0.6 is 0 Å². The fourth-order valence-electron chi connectivity index (χ4n) is 8.95. The van der Waals surface area contributed by atoms with Crippen LogP contribution in [0.2, 0.25) is 0 Å². The summed E-state index contributed by atoms with van der Waals surface area (Å²) < 4.78 is 18.0. The molecule has 0 aromatic carbocycles. The predicted octanol–water partition coefficient (Wildman–Crippen LogP) is 6.73. The molecule has 57 heavy (non-hydrogen) atoms. The lowest BCUT2D eigenvalue weighted by Crippen LogP contribution is -2.60. The van der Waals surface area contributed by atoms with Gasteiger partial charge in [-0.15, -0.1) is 0 Å². The molecule has 0 radical (unpaired) electrons. The summed E-state index contributed by atoms with van der Waals surface area (Å²) in [5.74, 6) is -5.68. The third-order valence-electron chi connectivity index (χ3n) is 13.1. The number of esters is 1. The van der Waals surface area contributed by atoms with Crippen LogP contribution in [0.3, 0.4) is 0 Å². The molecule has 0 unspecified atom stereocenters. The lowest BCUT2D eigenvalue weighted by Gasteiger charge is -2.42. The SMILES string of the molecule is CO[C@H]1C[C@@H]2CC[C@@H](C)[C@@](O)(O2)C(=O)C(=O)N2CCCC[C@H]2C(=O)O[C@H](C(C)=CC[C@H](O)[C@H](C)CC2CCC(O)CC2)CC(=O)[C@H](C)C[C@H](C)\C=C/C=C\C=C/1C. The van der Waals surface area contributed by atoms with Gasteiger partial charge in [-0.3, -0.25) is 14.4 Å². The monoisotopic (exact) mass is 798 g/mol. The number of hydrogen-bond donors (Lipinski definition) is 3. The van der Waals surface area contributed by atoms with Crippen LogP contribution in [0.1, 0.15) is 131 Å². The summed E-state index contributed by atoms with van der Waals surface area (Å²) in [6, 6.07) is -1.08. The van der Waals surface area contributed by atoms with Gasteiger partial charge < -0.3 is 34.4 Å². The highest BCUT2D eigenvalue weighted by atomic mass is 16.6. The number of rotatable bonds is 7. The molecule has 1 amide bonds. The normalized spacial score (nSPS) is 37.9. The standard InChI is InChI=1S/C46H71NO10/c1-29-13-9-8-10-14-30(2)41(55-7)27-37-22-17-34(6)46(54,57-37)43(51)44(52)47-24-12-11-15-38(47)45(53)56-42(28-40(50)32(4)25-29)31(3)16-23-39(49)33(5)26-35-18-20-36(48)21-19-35/h8-10,13-14,16,29,32-39,41-42,48-49,54H,11-12,15,17-28H2,1-7H3/b10-8-,13-9-,30-14-,31-16?/t29-,32-,33-,34-,35?,36?,37+,38+,39+,41+,42+,46-/m1/s1. The summed E-state index contributed by atoms with van der Waals surface area (Å²) in [5.41, 5.74) is 1.56. The van der Waals surface area contributed by atoms with Gasteiger partial charge >= 0.3 is 5.97 Å². The number of piperidine rings is 1. The Hall–Kier alpha value is -2.96. The van der Waals surface area contributed by atoms with E-state index in [1.807, 2.05) is 51.2 Å². The molecule has 3 aliphatic heterocycles. The topological polar surface area (TPSA) is 160 Å². The quantitative estimate of drug-likeness (QED) is 0.143. The van der Waals surface area contributed by atoms with Crippen LogP contribution in [-0.2, 0) is 33.4 Å². The van der Waals surface area contributed by atoms with Gasteiger partial charge in [-0.1, -0.05) is 64.2 Å². The van der Waals surface area contributed by atoms with Crippen LogP contribution < -0.4 is 0 Å². The molecular weight excluding hydrogens is 727 g/mol. The summed E-state index contributed by atoms with van der Waals surface area (Å²) in [6.07, 6.45) is 16.9. The number of hydrogen-bond acceptors (Lipinski definition) is 10. The van der Waals surface area contributed by atoms with Crippen molar-refractivity contribution in [1.82, 2.24) is 4.90 Å². The van der Waals surface area contributed by atoms with Gasteiger partial charge in [0.2, 0.25) is 5.79 Å². The number of allylic oxidation sites excluding steroid dienone is 5. The minimum Gasteiger partial charge on any atom is -0.456 e. The predicted molar refractivity (Wildman–Crippen MR) is 219 cm³/mol. The number of carbonyl (C=O) groups excluding carboxylic acids is 4. The van der Waals surface area contributed by atoms with Crippen LogP contribution in [0, 0.1) is 29.6 Å². The average Bonchev–Trinajstić information content (AvgIpc) is 3.19. The highest BCUT2D eigenvalue weighted by Crippen LogP contribution is 2.37. The van der Waals surface area contributed by atoms with E-state index in [0.29, 0.717) is 56.4 Å². The van der Waals surface area contributed by atoms with E-state index in [1.165, 1.54) is 4.90 Å². The number of Topliss-reactive ketones (excluding diaryl/α,β-unsaturated/α-hetero) is 2. The number of aliphatic hydroxyl groups excluding tert-OH is 2. The number of fused-ring (bicyclic) bond motifs is 3. The molecule has 320 valence electrons.